The highest BCUT2D eigenvalue weighted by atomic mass is 32.2. The number of carbonyl (C=O) groups is 1. The van der Waals surface area contributed by atoms with Crippen LogP contribution in [0.2, 0.25) is 0 Å². The summed E-state index contributed by atoms with van der Waals surface area (Å²) in [5.41, 5.74) is 2.02. The summed E-state index contributed by atoms with van der Waals surface area (Å²) in [7, 11) is -2.03. The molecule has 0 spiro atoms. The van der Waals surface area contributed by atoms with E-state index in [0.29, 0.717) is 24.2 Å². The van der Waals surface area contributed by atoms with Crippen LogP contribution in [0.1, 0.15) is 29.3 Å². The fourth-order valence-electron chi connectivity index (χ4n) is 2.27. The predicted molar refractivity (Wildman–Crippen MR) is 96.9 cm³/mol. The maximum absolute atomic E-state index is 12.1. The zero-order valence-electron chi connectivity index (χ0n) is 14.4. The average Bonchev–Trinajstić information content (AvgIpc) is 2.58. The monoisotopic (exact) mass is 363 g/mol. The maximum atomic E-state index is 12.1. The lowest BCUT2D eigenvalue weighted by Gasteiger charge is -2.13. The lowest BCUT2D eigenvalue weighted by Crippen LogP contribution is -2.09. The summed E-state index contributed by atoms with van der Waals surface area (Å²) in [4.78, 5) is 12.1. The lowest BCUT2D eigenvalue weighted by molar-refractivity contribution is 0.0989. The predicted octanol–water partition coefficient (Wildman–Crippen LogP) is 3.24. The van der Waals surface area contributed by atoms with E-state index in [9.17, 15) is 13.2 Å². The van der Waals surface area contributed by atoms with Crippen molar-refractivity contribution in [2.24, 2.45) is 0 Å². The molecule has 0 aliphatic carbocycles. The molecule has 25 heavy (non-hydrogen) atoms. The van der Waals surface area contributed by atoms with Crippen molar-refractivity contribution in [2.75, 3.05) is 18.7 Å². The summed E-state index contributed by atoms with van der Waals surface area (Å²) >= 11 is 0. The maximum Gasteiger partial charge on any atom is 0.306 e. The highest BCUT2D eigenvalue weighted by Crippen LogP contribution is 2.25. The van der Waals surface area contributed by atoms with Crippen LogP contribution in [0.15, 0.2) is 42.5 Å². The summed E-state index contributed by atoms with van der Waals surface area (Å²) in [5, 5.41) is 3.17. The van der Waals surface area contributed by atoms with Crippen LogP contribution >= 0.6 is 0 Å². The quantitative estimate of drug-likeness (QED) is 0.573. The molecule has 0 amide bonds. The third kappa shape index (κ3) is 5.49. The van der Waals surface area contributed by atoms with Crippen LogP contribution in [-0.4, -0.2) is 27.6 Å². The molecular formula is C18H21NO5S. The molecule has 0 aliphatic heterocycles. The van der Waals surface area contributed by atoms with Crippen LogP contribution in [-0.2, 0) is 16.7 Å². The van der Waals surface area contributed by atoms with Gasteiger partial charge < -0.3 is 14.2 Å². The van der Waals surface area contributed by atoms with Gasteiger partial charge in [-0.25, -0.2) is 0 Å². The van der Waals surface area contributed by atoms with Gasteiger partial charge in [0.25, 0.3) is 0 Å². The molecule has 0 radical (unpaired) electrons. The molecule has 1 N–H and O–H groups in total. The summed E-state index contributed by atoms with van der Waals surface area (Å²) in [6.45, 7) is 2.24. The van der Waals surface area contributed by atoms with Crippen LogP contribution in [0, 0.1) is 0 Å². The number of carbonyl (C=O) groups excluding carboxylic acids is 1. The molecule has 2 aromatic carbocycles. The zero-order chi connectivity index (χ0) is 18.4. The second-order valence-corrected chi connectivity index (χ2v) is 7.05. The molecule has 2 rings (SSSR count). The van der Waals surface area contributed by atoms with E-state index < -0.39 is 10.1 Å². The second-order valence-electron chi connectivity index (χ2n) is 5.47. The largest absolute Gasteiger partial charge is 0.497 e. The molecule has 0 aliphatic rings. The Morgan fingerprint density at radius 2 is 1.72 bits per heavy atom. The van der Waals surface area contributed by atoms with Gasteiger partial charge in [0.05, 0.1) is 13.4 Å². The van der Waals surface area contributed by atoms with Crippen molar-refractivity contribution in [3.8, 4) is 11.5 Å². The van der Waals surface area contributed by atoms with Gasteiger partial charge in [-0.1, -0.05) is 19.1 Å². The topological polar surface area (TPSA) is 81.7 Å². The number of anilines is 1. The first-order valence-electron chi connectivity index (χ1n) is 7.76. The van der Waals surface area contributed by atoms with Crippen molar-refractivity contribution in [3.63, 3.8) is 0 Å². The second kappa shape index (κ2) is 8.02. The first-order valence-corrected chi connectivity index (χ1v) is 9.57. The van der Waals surface area contributed by atoms with Crippen molar-refractivity contribution in [1.82, 2.24) is 0 Å². The van der Waals surface area contributed by atoms with E-state index in [1.165, 1.54) is 12.1 Å². The van der Waals surface area contributed by atoms with Crippen molar-refractivity contribution in [3.05, 3.63) is 53.6 Å². The number of hydrogen-bond donors (Lipinski definition) is 1. The lowest BCUT2D eigenvalue weighted by atomic mass is 10.1. The van der Waals surface area contributed by atoms with Gasteiger partial charge in [-0.3, -0.25) is 4.79 Å². The Bertz CT molecular complexity index is 844. The Hall–Kier alpha value is -2.54. The van der Waals surface area contributed by atoms with Gasteiger partial charge in [0.1, 0.15) is 11.5 Å². The minimum Gasteiger partial charge on any atom is -0.497 e. The number of ether oxygens (including phenoxy) is 1. The summed E-state index contributed by atoms with van der Waals surface area (Å²) in [6.07, 6.45) is 1.33. The number of Topliss-reactive ketones (excluding diaryl/α,β-unsaturated/α-hetero) is 1. The van der Waals surface area contributed by atoms with Crippen LogP contribution in [0.3, 0.4) is 0 Å². The van der Waals surface area contributed by atoms with Crippen LogP contribution < -0.4 is 14.2 Å². The minimum atomic E-state index is -3.63. The van der Waals surface area contributed by atoms with Gasteiger partial charge >= 0.3 is 10.1 Å². The highest BCUT2D eigenvalue weighted by Gasteiger charge is 2.13. The number of methoxy groups -OCH3 is 1. The molecule has 2 aromatic rings. The molecule has 0 atom stereocenters. The van der Waals surface area contributed by atoms with Crippen LogP contribution in [0.25, 0.3) is 0 Å². The highest BCUT2D eigenvalue weighted by molar-refractivity contribution is 7.86. The van der Waals surface area contributed by atoms with Crippen LogP contribution in [0.5, 0.6) is 11.5 Å². The SMILES string of the molecule is CCC(=O)c1ccc(OS(C)(=O)=O)cc1NCc1ccc(OC)cc1. The molecule has 0 heterocycles. The third-order valence-corrected chi connectivity index (χ3v) is 4.00. The van der Waals surface area contributed by atoms with E-state index in [2.05, 4.69) is 5.32 Å². The van der Waals surface area contributed by atoms with Gasteiger partial charge in [-0.15, -0.1) is 0 Å². The first kappa shape index (κ1) is 18.8. The van der Waals surface area contributed by atoms with Crippen LogP contribution in [0.4, 0.5) is 5.69 Å². The summed E-state index contributed by atoms with van der Waals surface area (Å²) in [5.74, 6) is 0.879. The molecule has 0 fully saturated rings. The van der Waals surface area contributed by atoms with E-state index in [0.717, 1.165) is 17.6 Å². The third-order valence-electron chi connectivity index (χ3n) is 3.50. The van der Waals surface area contributed by atoms with Crippen molar-refractivity contribution in [2.45, 2.75) is 19.9 Å². The van der Waals surface area contributed by atoms with Gasteiger partial charge in [-0.05, 0) is 29.8 Å². The molecule has 7 heteroatoms. The van der Waals surface area contributed by atoms with Crippen molar-refractivity contribution in [1.29, 1.82) is 0 Å². The Morgan fingerprint density at radius 3 is 2.28 bits per heavy atom. The fraction of sp³-hybridized carbons (Fsp3) is 0.278. The van der Waals surface area contributed by atoms with Crippen molar-refractivity contribution < 1.29 is 22.1 Å². The van der Waals surface area contributed by atoms with E-state index in [-0.39, 0.29) is 11.5 Å². The first-order chi connectivity index (χ1) is 11.8. The molecule has 6 nitrogen and oxygen atoms in total. The number of hydrogen-bond acceptors (Lipinski definition) is 6. The zero-order valence-corrected chi connectivity index (χ0v) is 15.2. The Labute approximate surface area is 147 Å². The minimum absolute atomic E-state index is 0.0388. The van der Waals surface area contributed by atoms with Gasteiger partial charge in [0, 0.05) is 30.3 Å². The van der Waals surface area contributed by atoms with E-state index in [1.807, 2.05) is 24.3 Å². The normalized spacial score (nSPS) is 11.0. The standard InChI is InChI=1S/C18H21NO5S/c1-4-18(20)16-10-9-15(24-25(3,21)22)11-17(16)19-12-13-5-7-14(23-2)8-6-13/h5-11,19H,4,12H2,1-3H3. The molecule has 0 unspecified atom stereocenters. The Kier molecular flexibility index (Phi) is 6.03. The van der Waals surface area contributed by atoms with Gasteiger partial charge in [0.2, 0.25) is 0 Å². The van der Waals surface area contributed by atoms with Gasteiger partial charge in [0.15, 0.2) is 5.78 Å². The molecule has 0 aromatic heterocycles. The molecule has 0 saturated carbocycles. The molecule has 0 bridgehead atoms. The summed E-state index contributed by atoms with van der Waals surface area (Å²) in [6, 6.07) is 12.1. The van der Waals surface area contributed by atoms with E-state index in [4.69, 9.17) is 8.92 Å². The van der Waals surface area contributed by atoms with Gasteiger partial charge in [-0.2, -0.15) is 8.42 Å². The Morgan fingerprint density at radius 1 is 1.08 bits per heavy atom. The number of rotatable bonds is 8. The Balaban J connectivity index is 2.24. The van der Waals surface area contributed by atoms with Crippen molar-refractivity contribution >= 4 is 21.6 Å². The smallest absolute Gasteiger partial charge is 0.306 e. The molecule has 0 saturated heterocycles. The number of benzene rings is 2. The number of nitrogens with one attached hydrogen (secondary N) is 1. The molecular weight excluding hydrogens is 342 g/mol. The van der Waals surface area contributed by atoms with E-state index >= 15 is 0 Å². The average molecular weight is 363 g/mol. The van der Waals surface area contributed by atoms with E-state index in [1.54, 1.807) is 20.1 Å². The molecule has 134 valence electrons. The summed E-state index contributed by atoms with van der Waals surface area (Å²) < 4.78 is 32.6. The fourth-order valence-corrected chi connectivity index (χ4v) is 2.72. The number of ketones is 1.